The highest BCUT2D eigenvalue weighted by molar-refractivity contribution is 7.10. The van der Waals surface area contributed by atoms with Crippen LogP contribution in [0.1, 0.15) is 36.0 Å². The molecule has 31 heavy (non-hydrogen) atoms. The molecular weight excluding hydrogens is 414 g/mol. The zero-order chi connectivity index (χ0) is 21.5. The number of thiophene rings is 1. The first-order valence-electron chi connectivity index (χ1n) is 11.2. The summed E-state index contributed by atoms with van der Waals surface area (Å²) < 4.78 is 8.97. The Hall–Kier alpha value is -2.17. The Balaban J connectivity index is 1.25. The second-order valence-electron chi connectivity index (χ2n) is 7.94. The normalized spacial score (nSPS) is 18.5. The van der Waals surface area contributed by atoms with Crippen molar-refractivity contribution in [2.45, 2.75) is 44.8 Å². The molecule has 0 radical (unpaired) electrons. The molecule has 0 bridgehead atoms. The predicted octanol–water partition coefficient (Wildman–Crippen LogP) is 1.07. The second kappa shape index (κ2) is 10.9. The molecule has 0 amide bonds. The van der Waals surface area contributed by atoms with Crippen LogP contribution >= 0.6 is 11.3 Å². The molecule has 1 unspecified atom stereocenters. The molecule has 2 aliphatic rings. The highest BCUT2D eigenvalue weighted by Crippen LogP contribution is 2.25. The minimum absolute atomic E-state index is 0.0292. The van der Waals surface area contributed by atoms with Crippen LogP contribution in [0.5, 0.6) is 0 Å². The fourth-order valence-corrected chi connectivity index (χ4v) is 5.08. The van der Waals surface area contributed by atoms with Crippen molar-refractivity contribution in [3.8, 4) is 0 Å². The third-order valence-electron chi connectivity index (χ3n) is 5.92. The monoisotopic (exact) mass is 447 g/mol. The third kappa shape index (κ3) is 5.55. The zero-order valence-electron chi connectivity index (χ0n) is 18.3. The molecule has 0 aliphatic carbocycles. The highest BCUT2D eigenvalue weighted by atomic mass is 32.1. The molecule has 2 aromatic rings. The van der Waals surface area contributed by atoms with Crippen molar-refractivity contribution in [2.24, 2.45) is 4.99 Å². The third-order valence-corrected chi connectivity index (χ3v) is 6.89. The topological polar surface area (TPSA) is 88.7 Å². The lowest BCUT2D eigenvalue weighted by molar-refractivity contribution is 0.0177. The van der Waals surface area contributed by atoms with Gasteiger partial charge in [-0.15, -0.1) is 11.3 Å². The number of hydrogen-bond acceptors (Lipinski definition) is 6. The minimum atomic E-state index is 0.0292. The molecule has 170 valence electrons. The summed E-state index contributed by atoms with van der Waals surface area (Å²) in [5.74, 6) is 1.72. The SMILES string of the molecule is CN=C(NCCCn1nc2n(c1=O)CCCC2)NCC(c1cccs1)N1CCOCC1. The first-order chi connectivity index (χ1) is 15.3. The van der Waals surface area contributed by atoms with Gasteiger partial charge in [-0.2, -0.15) is 5.10 Å². The van der Waals surface area contributed by atoms with Crippen LogP contribution in [0.4, 0.5) is 0 Å². The van der Waals surface area contributed by atoms with E-state index in [-0.39, 0.29) is 5.69 Å². The molecule has 10 heteroatoms. The average Bonchev–Trinajstić information content (AvgIpc) is 3.45. The summed E-state index contributed by atoms with van der Waals surface area (Å²) in [7, 11) is 1.79. The quantitative estimate of drug-likeness (QED) is 0.358. The van der Waals surface area contributed by atoms with Gasteiger partial charge in [0.25, 0.3) is 0 Å². The molecule has 2 N–H and O–H groups in total. The molecular formula is C21H33N7O2S. The Morgan fingerprint density at radius 2 is 2.16 bits per heavy atom. The number of aryl methyl sites for hydroxylation is 2. The molecule has 2 aromatic heterocycles. The molecule has 0 aromatic carbocycles. The fraction of sp³-hybridized carbons (Fsp3) is 0.667. The standard InChI is InChI=1S/C21H33N7O2S/c1-22-20(23-8-5-10-28-21(29)27-9-3-2-7-19(27)25-28)24-16-17(18-6-4-15-31-18)26-11-13-30-14-12-26/h4,6,15,17H,2-3,5,7-14,16H2,1H3,(H2,22,23,24). The van der Waals surface area contributed by atoms with Gasteiger partial charge in [-0.1, -0.05) is 6.07 Å². The van der Waals surface area contributed by atoms with E-state index in [1.54, 1.807) is 23.1 Å². The van der Waals surface area contributed by atoms with Gasteiger partial charge in [0.05, 0.1) is 19.3 Å². The van der Waals surface area contributed by atoms with Gasteiger partial charge in [-0.3, -0.25) is 14.5 Å². The van der Waals surface area contributed by atoms with Gasteiger partial charge in [0.2, 0.25) is 0 Å². The Labute approximate surface area is 187 Å². The van der Waals surface area contributed by atoms with E-state index in [4.69, 9.17) is 4.74 Å². The zero-order valence-corrected chi connectivity index (χ0v) is 19.1. The summed E-state index contributed by atoms with van der Waals surface area (Å²) in [6.07, 6.45) is 3.91. The number of fused-ring (bicyclic) bond motifs is 1. The van der Waals surface area contributed by atoms with E-state index < -0.39 is 0 Å². The first kappa shape index (κ1) is 22.0. The molecule has 1 saturated heterocycles. The Bertz CT molecular complexity index is 899. The van der Waals surface area contributed by atoms with Crippen LogP contribution in [0.25, 0.3) is 0 Å². The highest BCUT2D eigenvalue weighted by Gasteiger charge is 2.23. The lowest BCUT2D eigenvalue weighted by atomic mass is 10.2. The van der Waals surface area contributed by atoms with E-state index in [9.17, 15) is 4.79 Å². The maximum Gasteiger partial charge on any atom is 0.345 e. The number of aliphatic imine (C=N–C) groups is 1. The van der Waals surface area contributed by atoms with Gasteiger partial charge in [0.1, 0.15) is 5.82 Å². The van der Waals surface area contributed by atoms with Crippen molar-refractivity contribution in [2.75, 3.05) is 46.4 Å². The van der Waals surface area contributed by atoms with Crippen LogP contribution in [0.2, 0.25) is 0 Å². The van der Waals surface area contributed by atoms with Crippen LogP contribution in [-0.2, 0) is 24.2 Å². The molecule has 0 spiro atoms. The Morgan fingerprint density at radius 1 is 1.29 bits per heavy atom. The number of hydrogen-bond donors (Lipinski definition) is 2. The summed E-state index contributed by atoms with van der Waals surface area (Å²) in [4.78, 5) is 20.6. The number of ether oxygens (including phenoxy) is 1. The molecule has 4 heterocycles. The summed E-state index contributed by atoms with van der Waals surface area (Å²) >= 11 is 1.79. The lowest BCUT2D eigenvalue weighted by Gasteiger charge is -2.34. The fourth-order valence-electron chi connectivity index (χ4n) is 4.22. The molecule has 0 saturated carbocycles. The summed E-state index contributed by atoms with van der Waals surface area (Å²) in [6, 6.07) is 4.61. The van der Waals surface area contributed by atoms with E-state index in [0.29, 0.717) is 12.6 Å². The average molecular weight is 448 g/mol. The van der Waals surface area contributed by atoms with Gasteiger partial charge in [0.15, 0.2) is 5.96 Å². The van der Waals surface area contributed by atoms with Gasteiger partial charge >= 0.3 is 5.69 Å². The van der Waals surface area contributed by atoms with Crippen LogP contribution in [-0.4, -0.2) is 71.6 Å². The van der Waals surface area contributed by atoms with Gasteiger partial charge in [-0.25, -0.2) is 9.48 Å². The van der Waals surface area contributed by atoms with Crippen molar-refractivity contribution < 1.29 is 4.74 Å². The van der Waals surface area contributed by atoms with Gasteiger partial charge in [-0.05, 0) is 30.7 Å². The lowest BCUT2D eigenvalue weighted by Crippen LogP contribution is -2.46. The summed E-state index contributed by atoms with van der Waals surface area (Å²) in [5.41, 5.74) is 0.0292. The Morgan fingerprint density at radius 3 is 2.90 bits per heavy atom. The number of morpholine rings is 1. The van der Waals surface area contributed by atoms with Gasteiger partial charge < -0.3 is 15.4 Å². The second-order valence-corrected chi connectivity index (χ2v) is 8.92. The molecule has 1 atom stereocenters. The van der Waals surface area contributed by atoms with Crippen molar-refractivity contribution in [3.05, 3.63) is 38.7 Å². The van der Waals surface area contributed by atoms with E-state index in [2.05, 4.69) is 43.1 Å². The number of nitrogens with zero attached hydrogens (tertiary/aromatic N) is 5. The van der Waals surface area contributed by atoms with E-state index in [1.807, 2.05) is 4.57 Å². The maximum absolute atomic E-state index is 12.4. The molecule has 2 aliphatic heterocycles. The van der Waals surface area contributed by atoms with Crippen molar-refractivity contribution in [1.29, 1.82) is 0 Å². The largest absolute Gasteiger partial charge is 0.379 e. The van der Waals surface area contributed by atoms with Crippen LogP contribution in [0.15, 0.2) is 27.3 Å². The van der Waals surface area contributed by atoms with Crippen molar-refractivity contribution >= 4 is 17.3 Å². The van der Waals surface area contributed by atoms with Crippen molar-refractivity contribution in [3.63, 3.8) is 0 Å². The van der Waals surface area contributed by atoms with Crippen LogP contribution in [0.3, 0.4) is 0 Å². The number of nitrogens with one attached hydrogen (secondary N) is 2. The smallest absolute Gasteiger partial charge is 0.345 e. The van der Waals surface area contributed by atoms with Crippen molar-refractivity contribution in [1.82, 2.24) is 29.9 Å². The van der Waals surface area contributed by atoms with Crippen LogP contribution < -0.4 is 16.3 Å². The van der Waals surface area contributed by atoms with E-state index in [0.717, 1.165) is 83.4 Å². The minimum Gasteiger partial charge on any atom is -0.379 e. The van der Waals surface area contributed by atoms with E-state index in [1.165, 1.54) is 4.88 Å². The number of rotatable bonds is 8. The first-order valence-corrected chi connectivity index (χ1v) is 12.1. The molecule has 9 nitrogen and oxygen atoms in total. The predicted molar refractivity (Wildman–Crippen MR) is 123 cm³/mol. The number of aromatic nitrogens is 3. The Kier molecular flexibility index (Phi) is 7.76. The number of guanidine groups is 1. The molecule has 1 fully saturated rings. The molecule has 4 rings (SSSR count). The van der Waals surface area contributed by atoms with Crippen LogP contribution in [0, 0.1) is 0 Å². The maximum atomic E-state index is 12.4. The summed E-state index contributed by atoms with van der Waals surface area (Å²) in [6.45, 7) is 6.39. The van der Waals surface area contributed by atoms with Gasteiger partial charge in [0, 0.05) is 57.6 Å². The van der Waals surface area contributed by atoms with E-state index >= 15 is 0 Å². The summed E-state index contributed by atoms with van der Waals surface area (Å²) in [5, 5.41) is 13.5.